The van der Waals surface area contributed by atoms with E-state index < -0.39 is 28.1 Å². The maximum Gasteiger partial charge on any atom is 0.327 e. The number of hydrogen-bond acceptors (Lipinski definition) is 5. The first-order chi connectivity index (χ1) is 9.79. The normalized spacial score (nSPS) is 18.5. The molecule has 1 unspecified atom stereocenters. The molecule has 1 aromatic carbocycles. The fraction of sp³-hybridized carbons (Fsp3) is 0.273. The Balaban J connectivity index is 2.15. The van der Waals surface area contributed by atoms with Crippen LogP contribution in [0.1, 0.15) is 0 Å². The molecule has 10 heteroatoms. The summed E-state index contributed by atoms with van der Waals surface area (Å²) in [6, 6.07) is 3.95. The first-order valence-corrected chi connectivity index (χ1v) is 8.50. The summed E-state index contributed by atoms with van der Waals surface area (Å²) in [6.07, 6.45) is 0. The van der Waals surface area contributed by atoms with E-state index in [1.165, 1.54) is 40.9 Å². The smallest absolute Gasteiger partial charge is 0.327 e. The van der Waals surface area contributed by atoms with Crippen LogP contribution < -0.4 is 10.5 Å². The molecule has 114 valence electrons. The fourth-order valence-corrected chi connectivity index (χ4v) is 3.50. The van der Waals surface area contributed by atoms with E-state index in [0.717, 1.165) is 0 Å². The second-order valence-electron chi connectivity index (χ2n) is 4.33. The van der Waals surface area contributed by atoms with Crippen molar-refractivity contribution in [3.63, 3.8) is 0 Å². The van der Waals surface area contributed by atoms with Crippen molar-refractivity contribution in [3.05, 3.63) is 24.3 Å². The van der Waals surface area contributed by atoms with Gasteiger partial charge in [-0.3, -0.25) is 0 Å². The summed E-state index contributed by atoms with van der Waals surface area (Å²) in [4.78, 5) is 24.1. The number of aliphatic carboxylic acids is 1. The molecule has 1 saturated heterocycles. The number of nitrogens with one attached hydrogen (secondary N) is 1. The van der Waals surface area contributed by atoms with Gasteiger partial charge in [-0.15, -0.1) is 11.8 Å². The number of primary sulfonamides is 1. The van der Waals surface area contributed by atoms with Crippen LogP contribution in [0.3, 0.4) is 0 Å². The molecular formula is C11H13N3O5S2. The zero-order chi connectivity index (χ0) is 15.6. The van der Waals surface area contributed by atoms with Gasteiger partial charge in [0.25, 0.3) is 0 Å². The van der Waals surface area contributed by atoms with Gasteiger partial charge < -0.3 is 15.3 Å². The van der Waals surface area contributed by atoms with Crippen molar-refractivity contribution in [1.82, 2.24) is 4.90 Å². The average molecular weight is 331 g/mol. The van der Waals surface area contributed by atoms with E-state index in [2.05, 4.69) is 5.32 Å². The van der Waals surface area contributed by atoms with Crippen molar-refractivity contribution in [2.45, 2.75) is 10.9 Å². The Labute approximate surface area is 125 Å². The van der Waals surface area contributed by atoms with Gasteiger partial charge in [0.15, 0.2) is 0 Å². The number of sulfonamides is 1. The first kappa shape index (κ1) is 15.6. The number of nitrogens with zero attached hydrogens (tertiary/aromatic N) is 1. The Hall–Kier alpha value is -1.78. The maximum absolute atomic E-state index is 12.0. The summed E-state index contributed by atoms with van der Waals surface area (Å²) >= 11 is 1.33. The van der Waals surface area contributed by atoms with Crippen LogP contribution in [0.15, 0.2) is 29.2 Å². The minimum atomic E-state index is -3.87. The quantitative estimate of drug-likeness (QED) is 0.731. The molecule has 0 aliphatic carbocycles. The number of carboxylic acids is 1. The Morgan fingerprint density at radius 2 is 2.14 bits per heavy atom. The highest BCUT2D eigenvalue weighted by atomic mass is 32.2. The third-order valence-electron chi connectivity index (χ3n) is 2.84. The van der Waals surface area contributed by atoms with Crippen molar-refractivity contribution in [2.75, 3.05) is 16.9 Å². The molecule has 0 radical (unpaired) electrons. The third-order valence-corrected chi connectivity index (χ3v) is 4.77. The number of carbonyl (C=O) groups is 2. The monoisotopic (exact) mass is 331 g/mol. The molecule has 21 heavy (non-hydrogen) atoms. The van der Waals surface area contributed by atoms with Crippen LogP contribution in [-0.4, -0.2) is 48.1 Å². The van der Waals surface area contributed by atoms with Gasteiger partial charge in [-0.25, -0.2) is 23.1 Å². The Bertz CT molecular complexity index is 676. The molecule has 1 fully saturated rings. The second kappa shape index (κ2) is 5.92. The number of carboxylic acid groups (broad SMARTS) is 1. The van der Waals surface area contributed by atoms with Crippen LogP contribution in [0.25, 0.3) is 0 Å². The lowest BCUT2D eigenvalue weighted by atomic mass is 10.3. The fourth-order valence-electron chi connectivity index (χ4n) is 1.79. The number of urea groups is 1. The van der Waals surface area contributed by atoms with Gasteiger partial charge in [0.1, 0.15) is 6.04 Å². The number of carbonyl (C=O) groups excluding carboxylic acids is 1. The van der Waals surface area contributed by atoms with Crippen LogP contribution in [0.2, 0.25) is 0 Å². The number of anilines is 1. The lowest BCUT2D eigenvalue weighted by Gasteiger charge is -2.21. The van der Waals surface area contributed by atoms with Gasteiger partial charge in [0.05, 0.1) is 10.8 Å². The van der Waals surface area contributed by atoms with Crippen molar-refractivity contribution in [1.29, 1.82) is 0 Å². The lowest BCUT2D eigenvalue weighted by molar-refractivity contribution is -0.140. The van der Waals surface area contributed by atoms with Gasteiger partial charge in [0.2, 0.25) is 10.0 Å². The molecule has 1 atom stereocenters. The van der Waals surface area contributed by atoms with Gasteiger partial charge in [0, 0.05) is 11.4 Å². The molecule has 2 amide bonds. The minimum Gasteiger partial charge on any atom is -0.480 e. The van der Waals surface area contributed by atoms with Gasteiger partial charge in [-0.2, -0.15) is 0 Å². The first-order valence-electron chi connectivity index (χ1n) is 5.80. The van der Waals surface area contributed by atoms with Crippen LogP contribution >= 0.6 is 11.8 Å². The number of thioether (sulfide) groups is 1. The second-order valence-corrected chi connectivity index (χ2v) is 6.89. The molecule has 1 aliphatic heterocycles. The maximum atomic E-state index is 12.0. The molecule has 0 saturated carbocycles. The summed E-state index contributed by atoms with van der Waals surface area (Å²) < 4.78 is 22.5. The number of hydrogen-bond donors (Lipinski definition) is 3. The summed E-state index contributed by atoms with van der Waals surface area (Å²) in [7, 11) is -3.87. The Morgan fingerprint density at radius 3 is 2.76 bits per heavy atom. The summed E-state index contributed by atoms with van der Waals surface area (Å²) in [5.74, 6) is -0.495. The molecule has 0 bridgehead atoms. The number of nitrogens with two attached hydrogens (primary N) is 1. The molecule has 0 aromatic heterocycles. The van der Waals surface area contributed by atoms with Gasteiger partial charge in [-0.05, 0) is 18.2 Å². The van der Waals surface area contributed by atoms with E-state index in [0.29, 0.717) is 5.75 Å². The molecule has 4 N–H and O–H groups in total. The molecule has 8 nitrogen and oxygen atoms in total. The zero-order valence-corrected chi connectivity index (χ0v) is 12.4. The van der Waals surface area contributed by atoms with E-state index >= 15 is 0 Å². The number of amides is 2. The molecular weight excluding hydrogens is 318 g/mol. The van der Waals surface area contributed by atoms with Crippen LogP contribution in [0.5, 0.6) is 0 Å². The Kier molecular flexibility index (Phi) is 4.40. The van der Waals surface area contributed by atoms with Crippen molar-refractivity contribution in [2.24, 2.45) is 5.14 Å². The third kappa shape index (κ3) is 3.65. The molecule has 0 spiro atoms. The summed E-state index contributed by atoms with van der Waals surface area (Å²) in [6.45, 7) is 0. The van der Waals surface area contributed by atoms with Crippen molar-refractivity contribution < 1.29 is 23.1 Å². The van der Waals surface area contributed by atoms with E-state index in [9.17, 15) is 18.0 Å². The molecule has 1 aliphatic rings. The highest BCUT2D eigenvalue weighted by Gasteiger charge is 2.34. The summed E-state index contributed by atoms with van der Waals surface area (Å²) in [5.41, 5.74) is 0.229. The zero-order valence-electron chi connectivity index (χ0n) is 10.7. The highest BCUT2D eigenvalue weighted by molar-refractivity contribution is 7.99. The van der Waals surface area contributed by atoms with Crippen LogP contribution in [-0.2, 0) is 14.8 Å². The Morgan fingerprint density at radius 1 is 1.43 bits per heavy atom. The average Bonchev–Trinajstić information content (AvgIpc) is 2.87. The van der Waals surface area contributed by atoms with E-state index in [1.54, 1.807) is 0 Å². The molecule has 2 rings (SSSR count). The predicted molar refractivity (Wildman–Crippen MR) is 77.4 cm³/mol. The SMILES string of the molecule is NS(=O)(=O)c1cccc(NC(=O)N2CSCC2C(=O)O)c1. The van der Waals surface area contributed by atoms with E-state index in [4.69, 9.17) is 10.2 Å². The van der Waals surface area contributed by atoms with E-state index in [-0.39, 0.29) is 16.5 Å². The van der Waals surface area contributed by atoms with Crippen LogP contribution in [0.4, 0.5) is 10.5 Å². The molecule has 1 heterocycles. The van der Waals surface area contributed by atoms with Crippen molar-refractivity contribution >= 4 is 39.5 Å². The van der Waals surface area contributed by atoms with Gasteiger partial charge in [-0.1, -0.05) is 6.07 Å². The minimum absolute atomic E-state index is 0.133. The largest absolute Gasteiger partial charge is 0.480 e. The topological polar surface area (TPSA) is 130 Å². The summed E-state index contributed by atoms with van der Waals surface area (Å²) in [5, 5.41) is 16.5. The van der Waals surface area contributed by atoms with E-state index in [1.807, 2.05) is 0 Å². The van der Waals surface area contributed by atoms with Gasteiger partial charge >= 0.3 is 12.0 Å². The standard InChI is InChI=1S/C11H13N3O5S2/c12-21(18,19)8-3-1-2-7(4-8)13-11(17)14-6-20-5-9(14)10(15)16/h1-4,9H,5-6H2,(H,13,17)(H,15,16)(H2,12,18,19). The number of benzene rings is 1. The predicted octanol–water partition coefficient (Wildman–Crippen LogP) is 0.325. The number of rotatable bonds is 3. The highest BCUT2D eigenvalue weighted by Crippen LogP contribution is 2.22. The molecule has 1 aromatic rings. The van der Waals surface area contributed by atoms with Crippen molar-refractivity contribution in [3.8, 4) is 0 Å². The van der Waals surface area contributed by atoms with Crippen LogP contribution in [0, 0.1) is 0 Å². The lowest BCUT2D eigenvalue weighted by Crippen LogP contribution is -2.43.